The highest BCUT2D eigenvalue weighted by atomic mass is 31.2. The van der Waals surface area contributed by atoms with Gasteiger partial charge in [-0.05, 0) is 6.42 Å². The normalized spacial score (nSPS) is 13.9. The third-order valence-electron chi connectivity index (χ3n) is 1.83. The van der Waals surface area contributed by atoms with E-state index in [2.05, 4.69) is 4.74 Å². The van der Waals surface area contributed by atoms with Crippen molar-refractivity contribution in [3.05, 3.63) is 0 Å². The van der Waals surface area contributed by atoms with E-state index in [0.717, 1.165) is 0 Å². The molecule has 0 saturated carbocycles. The van der Waals surface area contributed by atoms with Crippen molar-refractivity contribution >= 4 is 13.6 Å². The van der Waals surface area contributed by atoms with Crippen molar-refractivity contribution in [3.63, 3.8) is 0 Å². The fraction of sp³-hybridized carbons (Fsp3) is 0.875. The third-order valence-corrected chi connectivity index (χ3v) is 2.81. The van der Waals surface area contributed by atoms with E-state index in [1.54, 1.807) is 6.92 Å². The van der Waals surface area contributed by atoms with Gasteiger partial charge in [0.2, 0.25) is 0 Å². The average molecular weight is 262 g/mol. The zero-order valence-electron chi connectivity index (χ0n) is 8.31. The fourth-order valence-electron chi connectivity index (χ4n) is 0.551. The van der Waals surface area contributed by atoms with Crippen LogP contribution in [0.4, 0.5) is 8.78 Å². The second kappa shape index (κ2) is 6.27. The van der Waals surface area contributed by atoms with Gasteiger partial charge in [-0.25, -0.2) is 0 Å². The second-order valence-electron chi connectivity index (χ2n) is 3.13. The molecule has 0 aliphatic rings. The van der Waals surface area contributed by atoms with E-state index >= 15 is 0 Å². The summed E-state index contributed by atoms with van der Waals surface area (Å²) in [6, 6.07) is 0. The molecule has 0 aromatic rings. The highest BCUT2D eigenvalue weighted by Crippen LogP contribution is 2.52. The van der Waals surface area contributed by atoms with Gasteiger partial charge in [0.05, 0.1) is 5.92 Å². The van der Waals surface area contributed by atoms with Crippen molar-refractivity contribution in [2.75, 3.05) is 6.61 Å². The summed E-state index contributed by atoms with van der Waals surface area (Å²) in [6.07, 6.45) is 0.403. The summed E-state index contributed by atoms with van der Waals surface area (Å²) in [4.78, 5) is 27.4. The lowest BCUT2D eigenvalue weighted by Gasteiger charge is -2.18. The van der Waals surface area contributed by atoms with E-state index in [1.807, 2.05) is 0 Å². The Balaban J connectivity index is 0. The zero-order chi connectivity index (χ0) is 12.3. The molecule has 0 aromatic heterocycles. The monoisotopic (exact) mass is 262 g/mol. The van der Waals surface area contributed by atoms with Gasteiger partial charge >= 0.3 is 19.2 Å². The van der Waals surface area contributed by atoms with Crippen LogP contribution in [-0.2, 0) is 14.1 Å². The van der Waals surface area contributed by atoms with E-state index in [9.17, 15) is 18.1 Å². The first-order valence-electron chi connectivity index (χ1n) is 4.22. The molecule has 0 bridgehead atoms. The molecule has 0 aromatic carbocycles. The van der Waals surface area contributed by atoms with Gasteiger partial charge in [-0.2, -0.15) is 8.78 Å². The lowest BCUT2D eigenvalue weighted by molar-refractivity contribution is -0.154. The summed E-state index contributed by atoms with van der Waals surface area (Å²) in [5.41, 5.74) is -4.32. The minimum Gasteiger partial charge on any atom is -0.458 e. The zero-order valence-corrected chi connectivity index (χ0v) is 9.21. The van der Waals surface area contributed by atoms with Crippen molar-refractivity contribution in [2.45, 2.75) is 33.4 Å². The molecule has 0 saturated heterocycles. The molecule has 0 fully saturated rings. The number of alkyl halides is 2. The maximum Gasteiger partial charge on any atom is 0.398 e. The molecule has 5 nitrogen and oxygen atoms in total. The third kappa shape index (κ3) is 5.01. The highest BCUT2D eigenvalue weighted by molar-refractivity contribution is 7.53. The molecule has 0 radical (unpaired) electrons. The van der Waals surface area contributed by atoms with Gasteiger partial charge in [-0.3, -0.25) is 9.36 Å². The van der Waals surface area contributed by atoms with Crippen LogP contribution in [0.15, 0.2) is 0 Å². The minimum atomic E-state index is -5.57. The quantitative estimate of drug-likeness (QED) is 0.584. The molecule has 0 spiro atoms. The van der Waals surface area contributed by atoms with Crippen LogP contribution in [-0.4, -0.2) is 28.0 Å². The van der Waals surface area contributed by atoms with Gasteiger partial charge in [0.25, 0.3) is 0 Å². The molecule has 2 N–H and O–H groups in total. The first-order chi connectivity index (χ1) is 6.62. The van der Waals surface area contributed by atoms with Crippen LogP contribution in [0.5, 0.6) is 0 Å². The fourth-order valence-corrected chi connectivity index (χ4v) is 0.784. The Bertz CT molecular complexity index is 276. The van der Waals surface area contributed by atoms with Crippen LogP contribution in [0.3, 0.4) is 0 Å². The van der Waals surface area contributed by atoms with Crippen molar-refractivity contribution in [1.29, 1.82) is 0 Å². The molecule has 1 atom stereocenters. The van der Waals surface area contributed by atoms with Crippen molar-refractivity contribution in [2.24, 2.45) is 5.92 Å². The van der Waals surface area contributed by atoms with Crippen LogP contribution in [0.25, 0.3) is 0 Å². The van der Waals surface area contributed by atoms with Crippen LogP contribution >= 0.6 is 7.60 Å². The number of hydrogen-bond donors (Lipinski definition) is 2. The number of rotatable bonds is 5. The standard InChI is InChI=1S/C7H13F2O5P.CH4/c1-3-5(2)6(10)14-4-7(8,9)15(11,12)13;/h5H,3-4H2,1-2H3,(H2,11,12,13);1H4. The Morgan fingerprint density at radius 2 is 1.94 bits per heavy atom. The summed E-state index contributed by atoms with van der Waals surface area (Å²) < 4.78 is 39.6. The largest absolute Gasteiger partial charge is 0.458 e. The molecule has 0 rings (SSSR count). The first kappa shape index (κ1) is 17.9. The maximum atomic E-state index is 12.6. The molecule has 0 heterocycles. The van der Waals surface area contributed by atoms with E-state index in [4.69, 9.17) is 9.79 Å². The predicted molar refractivity (Wildman–Crippen MR) is 54.1 cm³/mol. The van der Waals surface area contributed by atoms with Gasteiger partial charge in [-0.1, -0.05) is 21.3 Å². The summed E-state index contributed by atoms with van der Waals surface area (Å²) in [7, 11) is -5.57. The van der Waals surface area contributed by atoms with Gasteiger partial charge in [0.1, 0.15) is 0 Å². The second-order valence-corrected chi connectivity index (χ2v) is 4.87. The SMILES string of the molecule is C.CCC(C)C(=O)OCC(F)(F)P(=O)(O)O. The summed E-state index contributed by atoms with van der Waals surface area (Å²) >= 11 is 0. The lowest BCUT2D eigenvalue weighted by Crippen LogP contribution is -2.27. The molecule has 1 unspecified atom stereocenters. The van der Waals surface area contributed by atoms with Crippen molar-refractivity contribution in [1.82, 2.24) is 0 Å². The predicted octanol–water partition coefficient (Wildman–Crippen LogP) is 1.98. The number of esters is 1. The molecule has 8 heteroatoms. The van der Waals surface area contributed by atoms with Crippen LogP contribution in [0, 0.1) is 5.92 Å². The van der Waals surface area contributed by atoms with E-state index in [-0.39, 0.29) is 7.43 Å². The minimum absolute atomic E-state index is 0. The summed E-state index contributed by atoms with van der Waals surface area (Å²) in [5, 5.41) is 0. The topological polar surface area (TPSA) is 83.8 Å². The number of carbonyl (C=O) groups excluding carboxylic acids is 1. The van der Waals surface area contributed by atoms with Crippen molar-refractivity contribution < 1.29 is 32.7 Å². The van der Waals surface area contributed by atoms with E-state index in [0.29, 0.717) is 6.42 Å². The lowest BCUT2D eigenvalue weighted by atomic mass is 10.1. The van der Waals surface area contributed by atoms with Gasteiger partial charge in [0.15, 0.2) is 6.61 Å². The maximum absolute atomic E-state index is 12.6. The molecule has 16 heavy (non-hydrogen) atoms. The van der Waals surface area contributed by atoms with Gasteiger partial charge in [0, 0.05) is 0 Å². The Kier molecular flexibility index (Phi) is 7.00. The van der Waals surface area contributed by atoms with Gasteiger partial charge < -0.3 is 14.5 Å². The summed E-state index contributed by atoms with van der Waals surface area (Å²) in [6.45, 7) is 1.53. The molecular formula is C8H17F2O5P. The molecule has 98 valence electrons. The van der Waals surface area contributed by atoms with E-state index in [1.165, 1.54) is 6.92 Å². The summed E-state index contributed by atoms with van der Waals surface area (Å²) in [5.74, 6) is -1.47. The first-order valence-corrected chi connectivity index (χ1v) is 5.83. The van der Waals surface area contributed by atoms with E-state index < -0.39 is 31.8 Å². The average Bonchev–Trinajstić information content (AvgIpc) is 2.11. The molecule has 0 aliphatic heterocycles. The Labute approximate surface area is 93.0 Å². The molecule has 0 aliphatic carbocycles. The van der Waals surface area contributed by atoms with Crippen LogP contribution in [0.1, 0.15) is 27.7 Å². The number of hydrogen-bond acceptors (Lipinski definition) is 3. The van der Waals surface area contributed by atoms with Crippen LogP contribution in [0.2, 0.25) is 0 Å². The van der Waals surface area contributed by atoms with Crippen LogP contribution < -0.4 is 0 Å². The molecular weight excluding hydrogens is 245 g/mol. The van der Waals surface area contributed by atoms with Gasteiger partial charge in [-0.15, -0.1) is 0 Å². The Morgan fingerprint density at radius 3 is 2.25 bits per heavy atom. The van der Waals surface area contributed by atoms with Crippen molar-refractivity contribution in [3.8, 4) is 0 Å². The molecule has 0 amide bonds. The Hall–Kier alpha value is -0.520. The number of carbonyl (C=O) groups is 1. The Morgan fingerprint density at radius 1 is 1.50 bits per heavy atom. The number of halogens is 2. The highest BCUT2D eigenvalue weighted by Gasteiger charge is 2.50. The number of ether oxygens (including phenoxy) is 1. The smallest absolute Gasteiger partial charge is 0.398 e.